The van der Waals surface area contributed by atoms with Crippen LogP contribution < -0.4 is 14.8 Å². The van der Waals surface area contributed by atoms with Gasteiger partial charge in [-0.15, -0.1) is 11.3 Å². The summed E-state index contributed by atoms with van der Waals surface area (Å²) in [5, 5.41) is 6.51. The van der Waals surface area contributed by atoms with Crippen molar-refractivity contribution in [3.05, 3.63) is 28.6 Å². The average molecular weight is 306 g/mol. The van der Waals surface area contributed by atoms with Crippen LogP contribution in [0.1, 0.15) is 11.0 Å². The van der Waals surface area contributed by atoms with Crippen LogP contribution in [0.3, 0.4) is 0 Å². The molecule has 1 N–H and O–H groups in total. The summed E-state index contributed by atoms with van der Waals surface area (Å²) < 4.78 is 16.2. The number of nitrogens with one attached hydrogen (secondary N) is 1. The van der Waals surface area contributed by atoms with Crippen LogP contribution in [0, 0.1) is 0 Å². The van der Waals surface area contributed by atoms with E-state index in [4.69, 9.17) is 19.2 Å². The molecular formula is C15H18N2O3S. The number of morpholine rings is 1. The van der Waals surface area contributed by atoms with Gasteiger partial charge in [-0.1, -0.05) is 0 Å². The Labute approximate surface area is 127 Å². The molecule has 3 rings (SSSR count). The molecular weight excluding hydrogens is 288 g/mol. The number of hydrogen-bond acceptors (Lipinski definition) is 6. The van der Waals surface area contributed by atoms with Crippen LogP contribution in [-0.2, 0) is 4.74 Å². The maximum absolute atomic E-state index is 5.49. The van der Waals surface area contributed by atoms with Gasteiger partial charge in [0, 0.05) is 23.6 Å². The van der Waals surface area contributed by atoms with Gasteiger partial charge in [0.2, 0.25) is 0 Å². The first-order valence-corrected chi connectivity index (χ1v) is 7.68. The summed E-state index contributed by atoms with van der Waals surface area (Å²) in [5.74, 6) is 1.53. The largest absolute Gasteiger partial charge is 0.497 e. The van der Waals surface area contributed by atoms with Crippen molar-refractivity contribution in [1.29, 1.82) is 0 Å². The van der Waals surface area contributed by atoms with Crippen molar-refractivity contribution in [3.8, 4) is 22.8 Å². The van der Waals surface area contributed by atoms with Gasteiger partial charge in [0.15, 0.2) is 0 Å². The Hall–Kier alpha value is -1.63. The monoisotopic (exact) mass is 306 g/mol. The van der Waals surface area contributed by atoms with E-state index >= 15 is 0 Å². The maximum atomic E-state index is 5.49. The van der Waals surface area contributed by atoms with Gasteiger partial charge >= 0.3 is 0 Å². The lowest BCUT2D eigenvalue weighted by Gasteiger charge is -2.21. The van der Waals surface area contributed by atoms with Gasteiger partial charge < -0.3 is 19.5 Å². The normalized spacial score (nSPS) is 18.5. The Bertz CT molecular complexity index is 609. The minimum Gasteiger partial charge on any atom is -0.497 e. The highest BCUT2D eigenvalue weighted by molar-refractivity contribution is 7.10. The summed E-state index contributed by atoms with van der Waals surface area (Å²) in [6.07, 6.45) is 0. The standard InChI is InChI=1S/C15H18N2O3S/c1-18-10-3-4-11(14(7-10)19-2)13-9-21-15(17-13)12-8-20-6-5-16-12/h3-4,7,9,12,16H,5-6,8H2,1-2H3. The van der Waals surface area contributed by atoms with Crippen molar-refractivity contribution in [2.45, 2.75) is 6.04 Å². The third-order valence-electron chi connectivity index (χ3n) is 3.43. The molecule has 5 nitrogen and oxygen atoms in total. The number of aromatic nitrogens is 1. The predicted molar refractivity (Wildman–Crippen MR) is 82.2 cm³/mol. The Morgan fingerprint density at radius 1 is 1.33 bits per heavy atom. The second-order valence-electron chi connectivity index (χ2n) is 4.72. The molecule has 1 unspecified atom stereocenters. The number of ether oxygens (including phenoxy) is 3. The zero-order valence-electron chi connectivity index (χ0n) is 12.1. The highest BCUT2D eigenvalue weighted by Gasteiger charge is 2.20. The fourth-order valence-electron chi connectivity index (χ4n) is 2.31. The average Bonchev–Trinajstić information content (AvgIpc) is 3.04. The van der Waals surface area contributed by atoms with Gasteiger partial charge in [0.05, 0.1) is 39.2 Å². The molecule has 1 fully saturated rings. The Balaban J connectivity index is 1.88. The number of methoxy groups -OCH3 is 2. The van der Waals surface area contributed by atoms with Gasteiger partial charge in [-0.3, -0.25) is 0 Å². The lowest BCUT2D eigenvalue weighted by Crippen LogP contribution is -2.34. The first kappa shape index (κ1) is 14.3. The molecule has 2 aromatic rings. The van der Waals surface area contributed by atoms with Gasteiger partial charge in [-0.2, -0.15) is 0 Å². The lowest BCUT2D eigenvalue weighted by atomic mass is 10.1. The molecule has 1 aromatic heterocycles. The molecule has 112 valence electrons. The number of nitrogens with zero attached hydrogens (tertiary/aromatic N) is 1. The number of thiazole rings is 1. The van der Waals surface area contributed by atoms with Crippen molar-refractivity contribution in [3.63, 3.8) is 0 Å². The van der Waals surface area contributed by atoms with Crippen LogP contribution in [-0.4, -0.2) is 39.0 Å². The Morgan fingerprint density at radius 2 is 2.24 bits per heavy atom. The summed E-state index contributed by atoms with van der Waals surface area (Å²) in [7, 11) is 3.30. The SMILES string of the molecule is COc1ccc(-c2csc(C3COCCN3)n2)c(OC)c1. The summed E-state index contributed by atoms with van der Waals surface area (Å²) in [6, 6.07) is 5.94. The first-order valence-electron chi connectivity index (χ1n) is 6.80. The van der Waals surface area contributed by atoms with Crippen molar-refractivity contribution < 1.29 is 14.2 Å². The number of benzene rings is 1. The van der Waals surface area contributed by atoms with E-state index in [9.17, 15) is 0 Å². The summed E-state index contributed by atoms with van der Waals surface area (Å²) >= 11 is 1.64. The quantitative estimate of drug-likeness (QED) is 0.940. The van der Waals surface area contributed by atoms with Gasteiger partial charge in [0.25, 0.3) is 0 Å². The topological polar surface area (TPSA) is 52.6 Å². The fourth-order valence-corrected chi connectivity index (χ4v) is 3.18. The molecule has 0 amide bonds. The van der Waals surface area contributed by atoms with Crippen LogP contribution in [0.2, 0.25) is 0 Å². The van der Waals surface area contributed by atoms with E-state index in [1.165, 1.54) is 0 Å². The third kappa shape index (κ3) is 3.02. The highest BCUT2D eigenvalue weighted by atomic mass is 32.1. The second-order valence-corrected chi connectivity index (χ2v) is 5.61. The minimum atomic E-state index is 0.182. The fraction of sp³-hybridized carbons (Fsp3) is 0.400. The van der Waals surface area contributed by atoms with Crippen LogP contribution in [0.4, 0.5) is 0 Å². The van der Waals surface area contributed by atoms with E-state index in [2.05, 4.69) is 10.7 Å². The van der Waals surface area contributed by atoms with Crippen molar-refractivity contribution in [1.82, 2.24) is 10.3 Å². The van der Waals surface area contributed by atoms with E-state index in [1.807, 2.05) is 18.2 Å². The molecule has 1 saturated heterocycles. The summed E-state index contributed by atoms with van der Waals surface area (Å²) in [4.78, 5) is 4.72. The highest BCUT2D eigenvalue weighted by Crippen LogP contribution is 2.35. The van der Waals surface area contributed by atoms with E-state index in [0.717, 1.165) is 40.9 Å². The number of rotatable bonds is 4. The molecule has 1 aliphatic heterocycles. The molecule has 1 aliphatic rings. The van der Waals surface area contributed by atoms with E-state index in [0.29, 0.717) is 6.61 Å². The van der Waals surface area contributed by atoms with Crippen LogP contribution in [0.25, 0.3) is 11.3 Å². The molecule has 0 bridgehead atoms. The minimum absolute atomic E-state index is 0.182. The molecule has 6 heteroatoms. The predicted octanol–water partition coefficient (Wildman–Crippen LogP) is 2.49. The molecule has 0 spiro atoms. The van der Waals surface area contributed by atoms with Crippen LogP contribution >= 0.6 is 11.3 Å². The molecule has 0 saturated carbocycles. The van der Waals surface area contributed by atoms with Crippen molar-refractivity contribution in [2.24, 2.45) is 0 Å². The van der Waals surface area contributed by atoms with E-state index in [1.54, 1.807) is 25.6 Å². The molecule has 21 heavy (non-hydrogen) atoms. The van der Waals surface area contributed by atoms with E-state index < -0.39 is 0 Å². The van der Waals surface area contributed by atoms with Gasteiger partial charge in [-0.25, -0.2) is 4.98 Å². The smallest absolute Gasteiger partial charge is 0.131 e. The summed E-state index contributed by atoms with van der Waals surface area (Å²) in [5.41, 5.74) is 1.89. The van der Waals surface area contributed by atoms with Crippen LogP contribution in [0.15, 0.2) is 23.6 Å². The van der Waals surface area contributed by atoms with Gasteiger partial charge in [-0.05, 0) is 12.1 Å². The van der Waals surface area contributed by atoms with E-state index in [-0.39, 0.29) is 6.04 Å². The third-order valence-corrected chi connectivity index (χ3v) is 4.38. The summed E-state index contributed by atoms with van der Waals surface area (Å²) in [6.45, 7) is 2.30. The number of hydrogen-bond donors (Lipinski definition) is 1. The molecule has 0 radical (unpaired) electrons. The zero-order chi connectivity index (χ0) is 14.7. The second kappa shape index (κ2) is 6.43. The van der Waals surface area contributed by atoms with Crippen LogP contribution in [0.5, 0.6) is 11.5 Å². The van der Waals surface area contributed by atoms with Crippen molar-refractivity contribution in [2.75, 3.05) is 34.0 Å². The molecule has 1 atom stereocenters. The molecule has 1 aromatic carbocycles. The molecule has 2 heterocycles. The van der Waals surface area contributed by atoms with Crippen molar-refractivity contribution >= 4 is 11.3 Å². The first-order chi connectivity index (χ1) is 10.3. The lowest BCUT2D eigenvalue weighted by molar-refractivity contribution is 0.0768. The zero-order valence-corrected chi connectivity index (χ0v) is 12.9. The maximum Gasteiger partial charge on any atom is 0.131 e. The Kier molecular flexibility index (Phi) is 4.38. The van der Waals surface area contributed by atoms with Gasteiger partial charge in [0.1, 0.15) is 16.5 Å². The molecule has 0 aliphatic carbocycles. The Morgan fingerprint density at radius 3 is 2.95 bits per heavy atom.